The van der Waals surface area contributed by atoms with Crippen molar-refractivity contribution < 1.29 is 4.79 Å². The Morgan fingerprint density at radius 2 is 2.17 bits per heavy atom. The van der Waals surface area contributed by atoms with Crippen molar-refractivity contribution in [3.63, 3.8) is 0 Å². The number of ketones is 1. The van der Waals surface area contributed by atoms with Gasteiger partial charge in [-0.3, -0.25) is 4.79 Å². The maximum Gasteiger partial charge on any atom is 0.177 e. The lowest BCUT2D eigenvalue weighted by molar-refractivity contribution is 0.100. The highest BCUT2D eigenvalue weighted by atomic mass is 35.5. The van der Waals surface area contributed by atoms with Crippen LogP contribution in [0.1, 0.15) is 61.5 Å². The van der Waals surface area contributed by atoms with Gasteiger partial charge < -0.3 is 9.88 Å². The van der Waals surface area contributed by atoms with Gasteiger partial charge in [0.1, 0.15) is 11.5 Å². The number of fused-ring (bicyclic) bond motifs is 1. The molecule has 0 aliphatic carbocycles. The average molecular weight is 348 g/mol. The molecule has 1 aliphatic rings. The van der Waals surface area contributed by atoms with Gasteiger partial charge in [0.2, 0.25) is 0 Å². The zero-order valence-corrected chi connectivity index (χ0v) is 15.4. The molecule has 5 heteroatoms. The quantitative estimate of drug-likeness (QED) is 0.832. The number of halogens is 1. The van der Waals surface area contributed by atoms with Crippen LogP contribution in [0.3, 0.4) is 0 Å². The van der Waals surface area contributed by atoms with Gasteiger partial charge >= 0.3 is 0 Å². The minimum atomic E-state index is 0.0906. The molecule has 0 spiro atoms. The molecule has 24 heavy (non-hydrogen) atoms. The van der Waals surface area contributed by atoms with E-state index >= 15 is 0 Å². The molecule has 2 heterocycles. The summed E-state index contributed by atoms with van der Waals surface area (Å²) < 4.78 is 2.00. The summed E-state index contributed by atoms with van der Waals surface area (Å²) in [5.74, 6) is 1.06. The van der Waals surface area contributed by atoms with E-state index < -0.39 is 0 Å². The Bertz CT molecular complexity index is 681. The Balaban J connectivity index is 0.000000177. The number of hydrogen-bond donors (Lipinski definition) is 1. The maximum atomic E-state index is 11.2. The van der Waals surface area contributed by atoms with Gasteiger partial charge in [-0.15, -0.1) is 0 Å². The van der Waals surface area contributed by atoms with E-state index in [-0.39, 0.29) is 11.8 Å². The van der Waals surface area contributed by atoms with Crippen LogP contribution in [0, 0.1) is 0 Å². The van der Waals surface area contributed by atoms with Crippen molar-refractivity contribution in [2.24, 2.45) is 0 Å². The molecule has 0 radical (unpaired) electrons. The molecule has 0 fully saturated rings. The number of benzene rings is 1. The second-order valence-corrected chi connectivity index (χ2v) is 6.49. The minimum absolute atomic E-state index is 0.0906. The van der Waals surface area contributed by atoms with Crippen molar-refractivity contribution >= 4 is 17.4 Å². The van der Waals surface area contributed by atoms with Crippen molar-refractivity contribution in [2.75, 3.05) is 6.54 Å². The zero-order chi connectivity index (χ0) is 17.5. The molecule has 1 unspecified atom stereocenters. The molecular weight excluding hydrogens is 322 g/mol. The zero-order valence-electron chi connectivity index (χ0n) is 14.7. The Morgan fingerprint density at radius 3 is 2.83 bits per heavy atom. The van der Waals surface area contributed by atoms with Crippen LogP contribution in [-0.2, 0) is 13.0 Å². The first kappa shape index (κ1) is 18.7. The molecule has 2 aromatic rings. The Morgan fingerprint density at radius 1 is 1.42 bits per heavy atom. The number of nitrogens with one attached hydrogen (secondary N) is 1. The maximum absolute atomic E-state index is 11.2. The molecule has 1 aliphatic heterocycles. The van der Waals surface area contributed by atoms with Gasteiger partial charge in [0.15, 0.2) is 5.78 Å². The van der Waals surface area contributed by atoms with Crippen LogP contribution in [0.5, 0.6) is 0 Å². The van der Waals surface area contributed by atoms with Crippen LogP contribution in [0.4, 0.5) is 0 Å². The van der Waals surface area contributed by atoms with Crippen LogP contribution in [0.2, 0.25) is 5.02 Å². The first-order valence-corrected chi connectivity index (χ1v) is 8.95. The lowest BCUT2D eigenvalue weighted by Gasteiger charge is -2.22. The normalized spacial score (nSPS) is 16.1. The van der Waals surface area contributed by atoms with Crippen molar-refractivity contribution in [3.05, 3.63) is 52.6 Å². The summed E-state index contributed by atoms with van der Waals surface area (Å²) in [5.41, 5.74) is 2.00. The smallest absolute Gasteiger partial charge is 0.177 e. The van der Waals surface area contributed by atoms with E-state index in [0.717, 1.165) is 36.1 Å². The number of aromatic nitrogens is 2. The highest BCUT2D eigenvalue weighted by Crippen LogP contribution is 2.17. The van der Waals surface area contributed by atoms with Crippen molar-refractivity contribution in [3.8, 4) is 0 Å². The Hall–Kier alpha value is -1.65. The molecule has 0 saturated heterocycles. The fourth-order valence-electron chi connectivity index (χ4n) is 2.80. The molecule has 1 N–H and O–H groups in total. The predicted octanol–water partition coefficient (Wildman–Crippen LogP) is 4.43. The van der Waals surface area contributed by atoms with E-state index in [0.29, 0.717) is 0 Å². The molecular formula is C19H26ClN3O. The first-order valence-electron chi connectivity index (χ1n) is 8.57. The third-order valence-corrected chi connectivity index (χ3v) is 4.55. The summed E-state index contributed by atoms with van der Waals surface area (Å²) in [6.07, 6.45) is 5.23. The minimum Gasteiger partial charge on any atom is -0.323 e. The van der Waals surface area contributed by atoms with E-state index in [9.17, 15) is 4.79 Å². The third kappa shape index (κ3) is 4.68. The highest BCUT2D eigenvalue weighted by Gasteiger charge is 2.20. The standard InChI is InChI=1S/C10H13Cl.C9H13N3O/c1-2-3-6-9-7-4-5-8-10(9)11;1-6-9-11-5-8(7(2)13)12(9)4-3-10-6/h4-5,7-8H,2-3,6H2,1H3;5-6,10H,3-4H2,1-2H3. The highest BCUT2D eigenvalue weighted by molar-refractivity contribution is 6.31. The van der Waals surface area contributed by atoms with Gasteiger partial charge in [-0.1, -0.05) is 43.1 Å². The Kier molecular flexibility index (Phi) is 7.00. The van der Waals surface area contributed by atoms with Gasteiger partial charge in [-0.05, 0) is 31.4 Å². The molecule has 0 bridgehead atoms. The van der Waals surface area contributed by atoms with E-state index in [2.05, 4.69) is 30.2 Å². The van der Waals surface area contributed by atoms with E-state index in [1.165, 1.54) is 18.4 Å². The summed E-state index contributed by atoms with van der Waals surface area (Å²) in [6.45, 7) is 7.58. The van der Waals surface area contributed by atoms with Crippen LogP contribution in [0.25, 0.3) is 0 Å². The second-order valence-electron chi connectivity index (χ2n) is 6.08. The molecule has 4 nitrogen and oxygen atoms in total. The number of imidazole rings is 1. The number of nitrogens with zero attached hydrogens (tertiary/aromatic N) is 2. The summed E-state index contributed by atoms with van der Waals surface area (Å²) in [6, 6.07) is 8.31. The molecule has 0 amide bonds. The fourth-order valence-corrected chi connectivity index (χ4v) is 3.03. The van der Waals surface area contributed by atoms with Crippen LogP contribution < -0.4 is 5.32 Å². The number of carbonyl (C=O) groups is 1. The van der Waals surface area contributed by atoms with Gasteiger partial charge in [-0.2, -0.15) is 0 Å². The summed E-state index contributed by atoms with van der Waals surface area (Å²) >= 11 is 5.96. The van der Waals surface area contributed by atoms with Crippen molar-refractivity contribution in [2.45, 2.75) is 52.6 Å². The average Bonchev–Trinajstić information content (AvgIpc) is 3.00. The molecule has 1 aromatic carbocycles. The molecule has 3 rings (SSSR count). The van der Waals surface area contributed by atoms with Crippen LogP contribution in [-0.4, -0.2) is 21.9 Å². The number of rotatable bonds is 4. The van der Waals surface area contributed by atoms with Crippen LogP contribution >= 0.6 is 11.6 Å². The first-order chi connectivity index (χ1) is 11.5. The van der Waals surface area contributed by atoms with Gasteiger partial charge in [0.25, 0.3) is 0 Å². The molecule has 0 saturated carbocycles. The number of aryl methyl sites for hydroxylation is 1. The van der Waals surface area contributed by atoms with Crippen molar-refractivity contribution in [1.29, 1.82) is 0 Å². The van der Waals surface area contributed by atoms with Gasteiger partial charge in [0.05, 0.1) is 12.2 Å². The Labute approximate surface area is 149 Å². The topological polar surface area (TPSA) is 46.9 Å². The van der Waals surface area contributed by atoms with Crippen LogP contribution in [0.15, 0.2) is 30.5 Å². The monoisotopic (exact) mass is 347 g/mol. The van der Waals surface area contributed by atoms with E-state index in [1.54, 1.807) is 13.1 Å². The lowest BCUT2D eigenvalue weighted by Crippen LogP contribution is -2.33. The SMILES string of the molecule is CC(=O)c1cnc2n1CCNC2C.CCCCc1ccccc1Cl. The molecule has 1 aromatic heterocycles. The number of unbranched alkanes of at least 4 members (excludes halogenated alkanes) is 1. The third-order valence-electron chi connectivity index (χ3n) is 4.18. The fraction of sp³-hybridized carbons (Fsp3) is 0.474. The van der Waals surface area contributed by atoms with Crippen molar-refractivity contribution in [1.82, 2.24) is 14.9 Å². The summed E-state index contributed by atoms with van der Waals surface area (Å²) in [7, 11) is 0. The summed E-state index contributed by atoms with van der Waals surface area (Å²) in [4.78, 5) is 15.4. The van der Waals surface area contributed by atoms with Gasteiger partial charge in [0, 0.05) is 25.0 Å². The molecule has 1 atom stereocenters. The number of Topliss-reactive ketones (excluding diaryl/α,β-unsaturated/α-hetero) is 1. The second kappa shape index (κ2) is 9.00. The predicted molar refractivity (Wildman–Crippen MR) is 98.7 cm³/mol. The summed E-state index contributed by atoms with van der Waals surface area (Å²) in [5, 5.41) is 4.20. The lowest BCUT2D eigenvalue weighted by atomic mass is 10.1. The molecule has 130 valence electrons. The van der Waals surface area contributed by atoms with E-state index in [4.69, 9.17) is 11.6 Å². The number of carbonyl (C=O) groups excluding carboxylic acids is 1. The van der Waals surface area contributed by atoms with E-state index in [1.807, 2.05) is 22.8 Å². The largest absolute Gasteiger partial charge is 0.323 e. The van der Waals surface area contributed by atoms with Gasteiger partial charge in [-0.25, -0.2) is 4.98 Å². The number of hydrogen-bond acceptors (Lipinski definition) is 3.